The molecule has 1 atom stereocenters. The normalized spacial score (nSPS) is 16.3. The van der Waals surface area contributed by atoms with Gasteiger partial charge >= 0.3 is 0 Å². The molecule has 1 unspecified atom stereocenters. The summed E-state index contributed by atoms with van der Waals surface area (Å²) in [6, 6.07) is 4.88. The van der Waals surface area contributed by atoms with E-state index >= 15 is 0 Å². The van der Waals surface area contributed by atoms with Crippen molar-refractivity contribution in [1.29, 1.82) is 0 Å². The van der Waals surface area contributed by atoms with Crippen LogP contribution in [0.3, 0.4) is 0 Å². The maximum Gasteiger partial charge on any atom is 0.241 e. The number of carbonyl (C=O) groups excluding carboxylic acids is 1. The van der Waals surface area contributed by atoms with Crippen LogP contribution < -0.4 is 11.1 Å². The van der Waals surface area contributed by atoms with E-state index in [9.17, 15) is 4.79 Å². The Kier molecular flexibility index (Phi) is 7.28. The summed E-state index contributed by atoms with van der Waals surface area (Å²) in [5, 5.41) is 2.85. The minimum atomic E-state index is -0.513. The average molecular weight is 362 g/mol. The van der Waals surface area contributed by atoms with E-state index < -0.39 is 6.04 Å². The van der Waals surface area contributed by atoms with E-state index in [2.05, 4.69) is 10.3 Å². The second kappa shape index (κ2) is 8.49. The third-order valence-electron chi connectivity index (χ3n) is 3.84. The molecule has 3 N–H and O–H groups in total. The zero-order valence-corrected chi connectivity index (χ0v) is 14.4. The number of halogens is 2. The highest BCUT2D eigenvalue weighted by atomic mass is 35.5. The van der Waals surface area contributed by atoms with Crippen molar-refractivity contribution in [3.63, 3.8) is 0 Å². The third-order valence-corrected chi connectivity index (χ3v) is 3.84. The van der Waals surface area contributed by atoms with Crippen LogP contribution >= 0.6 is 24.8 Å². The third kappa shape index (κ3) is 4.57. The first-order valence-corrected chi connectivity index (χ1v) is 7.15. The lowest BCUT2D eigenvalue weighted by Crippen LogP contribution is -2.43. The van der Waals surface area contributed by atoms with Gasteiger partial charge in [-0.3, -0.25) is 4.79 Å². The highest BCUT2D eigenvalue weighted by Crippen LogP contribution is 2.22. The van der Waals surface area contributed by atoms with Crippen molar-refractivity contribution in [2.24, 2.45) is 11.7 Å². The summed E-state index contributed by atoms with van der Waals surface area (Å²) in [4.78, 5) is 16.5. The van der Waals surface area contributed by atoms with Crippen LogP contribution in [0.25, 0.3) is 11.1 Å². The van der Waals surface area contributed by atoms with Crippen molar-refractivity contribution in [2.75, 3.05) is 18.5 Å². The maximum atomic E-state index is 12.2. The number of nitrogens with two attached hydrogens (primary N) is 1. The number of ether oxygens (including phenoxy) is 1. The van der Waals surface area contributed by atoms with Crippen LogP contribution in [0.15, 0.2) is 22.6 Å². The van der Waals surface area contributed by atoms with Crippen LogP contribution in [0, 0.1) is 12.8 Å². The van der Waals surface area contributed by atoms with Gasteiger partial charge in [-0.1, -0.05) is 0 Å². The molecule has 0 saturated carbocycles. The number of oxazole rings is 1. The molecule has 1 amide bonds. The van der Waals surface area contributed by atoms with Gasteiger partial charge in [0.15, 0.2) is 11.5 Å². The van der Waals surface area contributed by atoms with Crippen molar-refractivity contribution < 1.29 is 13.9 Å². The van der Waals surface area contributed by atoms with Crippen LogP contribution in [0.1, 0.15) is 18.7 Å². The first kappa shape index (κ1) is 19.7. The van der Waals surface area contributed by atoms with Gasteiger partial charge in [0.25, 0.3) is 0 Å². The fourth-order valence-electron chi connectivity index (χ4n) is 2.63. The number of benzene rings is 1. The summed E-state index contributed by atoms with van der Waals surface area (Å²) in [6.07, 6.45) is 1.66. The summed E-state index contributed by atoms with van der Waals surface area (Å²) >= 11 is 0. The number of nitrogens with one attached hydrogen (secondary N) is 1. The number of nitrogens with zero attached hydrogens (tertiary/aromatic N) is 1. The number of rotatable bonds is 3. The van der Waals surface area contributed by atoms with E-state index in [1.165, 1.54) is 0 Å². The summed E-state index contributed by atoms with van der Waals surface area (Å²) in [6.45, 7) is 3.14. The molecule has 0 radical (unpaired) electrons. The molecule has 1 aliphatic rings. The Hall–Kier alpha value is -1.34. The summed E-state index contributed by atoms with van der Waals surface area (Å²) < 4.78 is 10.7. The first-order chi connectivity index (χ1) is 10.1. The van der Waals surface area contributed by atoms with E-state index in [1.807, 2.05) is 6.07 Å². The van der Waals surface area contributed by atoms with Gasteiger partial charge in [0.05, 0.1) is 6.04 Å². The van der Waals surface area contributed by atoms with Gasteiger partial charge in [0.1, 0.15) is 5.52 Å². The lowest BCUT2D eigenvalue weighted by atomic mass is 9.92. The number of fused-ring (bicyclic) bond motifs is 1. The predicted octanol–water partition coefficient (Wildman–Crippen LogP) is 2.67. The minimum Gasteiger partial charge on any atom is -0.441 e. The van der Waals surface area contributed by atoms with Gasteiger partial charge < -0.3 is 20.2 Å². The molecule has 3 rings (SSSR count). The molecule has 128 valence electrons. The number of amides is 1. The molecule has 8 heteroatoms. The average Bonchev–Trinajstić information content (AvgIpc) is 2.86. The molecule has 0 bridgehead atoms. The van der Waals surface area contributed by atoms with Crippen LogP contribution in [-0.2, 0) is 9.53 Å². The van der Waals surface area contributed by atoms with E-state index in [1.54, 1.807) is 19.1 Å². The molecule has 0 spiro atoms. The molecular formula is C15H21Cl2N3O3. The Labute approximate surface area is 147 Å². The van der Waals surface area contributed by atoms with Gasteiger partial charge in [0.2, 0.25) is 5.91 Å². The Balaban J connectivity index is 0.00000132. The van der Waals surface area contributed by atoms with E-state index in [0.29, 0.717) is 30.4 Å². The number of anilines is 1. The fraction of sp³-hybridized carbons (Fsp3) is 0.467. The number of aromatic nitrogens is 1. The second-order valence-electron chi connectivity index (χ2n) is 5.38. The van der Waals surface area contributed by atoms with Crippen molar-refractivity contribution in [2.45, 2.75) is 25.8 Å². The monoisotopic (exact) mass is 361 g/mol. The molecular weight excluding hydrogens is 341 g/mol. The SMILES string of the molecule is Cc1nc2ccc(NC(=O)C(N)C3CCOCC3)cc2o1.Cl.Cl. The molecule has 1 aromatic carbocycles. The van der Waals surface area contributed by atoms with Crippen LogP contribution in [0.4, 0.5) is 5.69 Å². The van der Waals surface area contributed by atoms with E-state index in [4.69, 9.17) is 14.9 Å². The number of aryl methyl sites for hydroxylation is 1. The zero-order chi connectivity index (χ0) is 14.8. The van der Waals surface area contributed by atoms with Crippen molar-refractivity contribution in [1.82, 2.24) is 4.98 Å². The summed E-state index contributed by atoms with van der Waals surface area (Å²) in [7, 11) is 0. The van der Waals surface area contributed by atoms with Gasteiger partial charge in [0, 0.05) is 31.9 Å². The fourth-order valence-corrected chi connectivity index (χ4v) is 2.63. The lowest BCUT2D eigenvalue weighted by molar-refractivity contribution is -0.119. The Morgan fingerprint density at radius 3 is 2.74 bits per heavy atom. The van der Waals surface area contributed by atoms with E-state index in [0.717, 1.165) is 18.4 Å². The number of carbonyl (C=O) groups is 1. The molecule has 2 heterocycles. The summed E-state index contributed by atoms with van der Waals surface area (Å²) in [5.74, 6) is 0.611. The topological polar surface area (TPSA) is 90.4 Å². The van der Waals surface area contributed by atoms with Crippen molar-refractivity contribution in [3.05, 3.63) is 24.1 Å². The number of hydrogen-bond donors (Lipinski definition) is 2. The van der Waals surface area contributed by atoms with Crippen molar-refractivity contribution in [3.8, 4) is 0 Å². The van der Waals surface area contributed by atoms with Crippen LogP contribution in [-0.4, -0.2) is 30.1 Å². The Bertz CT molecular complexity index is 656. The van der Waals surface area contributed by atoms with Crippen molar-refractivity contribution >= 4 is 47.5 Å². The lowest BCUT2D eigenvalue weighted by Gasteiger charge is -2.26. The molecule has 1 aromatic heterocycles. The molecule has 1 fully saturated rings. The quantitative estimate of drug-likeness (QED) is 0.876. The second-order valence-corrected chi connectivity index (χ2v) is 5.38. The molecule has 6 nitrogen and oxygen atoms in total. The maximum absolute atomic E-state index is 12.2. The molecule has 1 aliphatic heterocycles. The van der Waals surface area contributed by atoms with Gasteiger partial charge in [-0.2, -0.15) is 0 Å². The van der Waals surface area contributed by atoms with Crippen LogP contribution in [0.5, 0.6) is 0 Å². The summed E-state index contributed by atoms with van der Waals surface area (Å²) in [5.41, 5.74) is 8.16. The predicted molar refractivity (Wildman–Crippen MR) is 93.4 cm³/mol. The molecule has 2 aromatic rings. The van der Waals surface area contributed by atoms with Crippen LogP contribution in [0.2, 0.25) is 0 Å². The minimum absolute atomic E-state index is 0. The highest BCUT2D eigenvalue weighted by Gasteiger charge is 2.26. The first-order valence-electron chi connectivity index (χ1n) is 7.15. The van der Waals surface area contributed by atoms with Gasteiger partial charge in [-0.05, 0) is 30.9 Å². The highest BCUT2D eigenvalue weighted by molar-refractivity contribution is 5.96. The molecule has 1 saturated heterocycles. The largest absolute Gasteiger partial charge is 0.441 e. The Morgan fingerprint density at radius 1 is 1.35 bits per heavy atom. The molecule has 23 heavy (non-hydrogen) atoms. The van der Waals surface area contributed by atoms with E-state index in [-0.39, 0.29) is 36.6 Å². The smallest absolute Gasteiger partial charge is 0.241 e. The number of hydrogen-bond acceptors (Lipinski definition) is 5. The standard InChI is InChI=1S/C15H19N3O3.2ClH/c1-9-17-12-3-2-11(8-13(12)21-9)18-15(19)14(16)10-4-6-20-7-5-10;;/h2-3,8,10,14H,4-7,16H2,1H3,(H,18,19);2*1H. The Morgan fingerprint density at radius 2 is 2.04 bits per heavy atom. The molecule has 0 aliphatic carbocycles. The van der Waals surface area contributed by atoms with Gasteiger partial charge in [-0.15, -0.1) is 24.8 Å². The van der Waals surface area contributed by atoms with Gasteiger partial charge in [-0.25, -0.2) is 4.98 Å². The zero-order valence-electron chi connectivity index (χ0n) is 12.8.